The van der Waals surface area contributed by atoms with Gasteiger partial charge in [0.05, 0.1) is 41.3 Å². The minimum atomic E-state index is -0.484. The van der Waals surface area contributed by atoms with Crippen LogP contribution >= 0.6 is 0 Å². The van der Waals surface area contributed by atoms with E-state index in [2.05, 4.69) is 52.7 Å². The second kappa shape index (κ2) is 39.5. The Labute approximate surface area is 386 Å². The number of hydrogen-bond acceptors (Lipinski definition) is 4. The van der Waals surface area contributed by atoms with Crippen LogP contribution in [0.5, 0.6) is 0 Å². The molecule has 0 aromatic heterocycles. The van der Waals surface area contributed by atoms with E-state index in [1.54, 1.807) is 6.07 Å². The Kier molecular flexibility index (Phi) is 40.0. The summed E-state index contributed by atoms with van der Waals surface area (Å²) < 4.78 is 12.8. The maximum atomic E-state index is 12.7. The summed E-state index contributed by atoms with van der Waals surface area (Å²) in [4.78, 5) is 25.3. The smallest absolute Gasteiger partial charge is 0.411 e. The molecule has 1 aromatic rings. The first-order valence-corrected chi connectivity index (χ1v) is 24.1. The Hall–Kier alpha value is -1.36. The van der Waals surface area contributed by atoms with Crippen molar-refractivity contribution in [2.24, 2.45) is 0 Å². The van der Waals surface area contributed by atoms with Gasteiger partial charge in [0.15, 0.2) is 0 Å². The first-order valence-electron chi connectivity index (χ1n) is 24.1. The lowest BCUT2D eigenvalue weighted by atomic mass is 10.0. The van der Waals surface area contributed by atoms with Crippen LogP contribution in [-0.4, -0.2) is 88.7 Å². The van der Waals surface area contributed by atoms with Crippen LogP contribution in [0.15, 0.2) is 18.2 Å². The molecule has 0 aliphatic heterocycles. The molecule has 0 bridgehead atoms. The van der Waals surface area contributed by atoms with Gasteiger partial charge in [-0.3, -0.25) is 10.6 Å². The molecular formula is C49H94Br2N4O4. The first kappa shape index (κ1) is 59.7. The molecule has 348 valence electrons. The monoisotopic (exact) mass is 961 g/mol. The normalized spacial score (nSPS) is 11.4. The van der Waals surface area contributed by atoms with Gasteiger partial charge in [0.25, 0.3) is 0 Å². The van der Waals surface area contributed by atoms with Crippen molar-refractivity contribution in [3.63, 3.8) is 0 Å². The Morgan fingerprint density at radius 2 is 0.763 bits per heavy atom. The zero-order valence-electron chi connectivity index (χ0n) is 39.6. The standard InChI is InChI=1S/C49H92N4O4.2BrH/c1-8-10-12-14-16-18-20-22-24-26-28-30-32-34-38-52(4,5)40-42-56-48(54)50-46-37-36-45(3)47(44-46)51-49(55)57-43-41-53(6,7)39-35-33-31-29-27-25-23-21-19-17-15-13-11-9-2;;/h36-37,44H,8-35,38-43H2,1-7H3;2*1H. The van der Waals surface area contributed by atoms with Gasteiger partial charge in [-0.2, -0.15) is 0 Å². The number of rotatable bonds is 38. The molecule has 0 fully saturated rings. The van der Waals surface area contributed by atoms with Crippen LogP contribution in [-0.2, 0) is 9.47 Å². The van der Waals surface area contributed by atoms with Crippen LogP contribution in [0.4, 0.5) is 21.0 Å². The van der Waals surface area contributed by atoms with Gasteiger partial charge in [-0.15, -0.1) is 0 Å². The average molecular weight is 963 g/mol. The molecule has 0 unspecified atom stereocenters. The fourth-order valence-corrected chi connectivity index (χ4v) is 7.60. The molecule has 0 aliphatic carbocycles. The number of benzene rings is 1. The van der Waals surface area contributed by atoms with E-state index in [4.69, 9.17) is 9.47 Å². The van der Waals surface area contributed by atoms with Crippen LogP contribution in [0, 0.1) is 6.92 Å². The average Bonchev–Trinajstić information content (AvgIpc) is 3.16. The van der Waals surface area contributed by atoms with Crippen molar-refractivity contribution < 1.29 is 62.0 Å². The summed E-state index contributed by atoms with van der Waals surface area (Å²) in [5, 5.41) is 5.68. The van der Waals surface area contributed by atoms with E-state index in [0.29, 0.717) is 24.6 Å². The second-order valence-electron chi connectivity index (χ2n) is 18.5. The Morgan fingerprint density at radius 1 is 0.458 bits per heavy atom. The number of likely N-dealkylation sites (N-methyl/N-ethyl adjacent to an activating group) is 2. The third-order valence-corrected chi connectivity index (χ3v) is 11.8. The number of nitrogens with zero attached hydrogens (tertiary/aromatic N) is 2. The molecule has 0 spiro atoms. The van der Waals surface area contributed by atoms with Gasteiger partial charge in [-0.1, -0.05) is 174 Å². The van der Waals surface area contributed by atoms with Crippen LogP contribution < -0.4 is 44.6 Å². The zero-order chi connectivity index (χ0) is 41.9. The van der Waals surface area contributed by atoms with Gasteiger partial charge in [-0.25, -0.2) is 9.59 Å². The van der Waals surface area contributed by atoms with Crippen LogP contribution in [0.25, 0.3) is 0 Å². The van der Waals surface area contributed by atoms with Crippen LogP contribution in [0.3, 0.4) is 0 Å². The predicted molar refractivity (Wildman–Crippen MR) is 245 cm³/mol. The van der Waals surface area contributed by atoms with Gasteiger partial charge in [0.2, 0.25) is 0 Å². The lowest BCUT2D eigenvalue weighted by molar-refractivity contribution is -0.890. The molecule has 0 atom stereocenters. The fraction of sp³-hybridized carbons (Fsp3) is 0.837. The Morgan fingerprint density at radius 3 is 1.10 bits per heavy atom. The summed E-state index contributed by atoms with van der Waals surface area (Å²) in [5.74, 6) is 0. The second-order valence-corrected chi connectivity index (χ2v) is 18.5. The minimum absolute atomic E-state index is 0. The van der Waals surface area contributed by atoms with Gasteiger partial charge >= 0.3 is 12.2 Å². The lowest BCUT2D eigenvalue weighted by Gasteiger charge is -2.29. The number of carbonyl (C=O) groups is 2. The third-order valence-electron chi connectivity index (χ3n) is 11.8. The number of hydrogen-bond donors (Lipinski definition) is 2. The number of quaternary nitrogens is 2. The summed E-state index contributed by atoms with van der Waals surface area (Å²) in [6, 6.07) is 5.45. The highest BCUT2D eigenvalue weighted by molar-refractivity contribution is 5.89. The van der Waals surface area contributed by atoms with Crippen molar-refractivity contribution in [2.75, 3.05) is 78.2 Å². The van der Waals surface area contributed by atoms with Crippen molar-refractivity contribution in [2.45, 2.75) is 201 Å². The van der Waals surface area contributed by atoms with Crippen molar-refractivity contribution in [1.29, 1.82) is 0 Å². The van der Waals surface area contributed by atoms with Gasteiger partial charge in [-0.05, 0) is 50.3 Å². The third kappa shape index (κ3) is 37.0. The van der Waals surface area contributed by atoms with Crippen molar-refractivity contribution in [1.82, 2.24) is 0 Å². The van der Waals surface area contributed by atoms with E-state index in [1.165, 1.54) is 180 Å². The number of amides is 2. The van der Waals surface area contributed by atoms with Crippen molar-refractivity contribution in [3.05, 3.63) is 23.8 Å². The Bertz CT molecular complexity index is 1140. The molecule has 1 rings (SSSR count). The molecule has 8 nitrogen and oxygen atoms in total. The zero-order valence-corrected chi connectivity index (χ0v) is 42.7. The summed E-state index contributed by atoms with van der Waals surface area (Å²) in [6.07, 6.45) is 37.3. The number of nitrogens with one attached hydrogen (secondary N) is 2. The summed E-state index contributed by atoms with van der Waals surface area (Å²) in [6.45, 7) is 10.9. The highest BCUT2D eigenvalue weighted by atomic mass is 79.9. The van der Waals surface area contributed by atoms with Gasteiger partial charge in [0.1, 0.15) is 26.3 Å². The molecule has 0 heterocycles. The topological polar surface area (TPSA) is 76.7 Å². The summed E-state index contributed by atoms with van der Waals surface area (Å²) >= 11 is 0. The van der Waals surface area contributed by atoms with E-state index in [-0.39, 0.29) is 34.0 Å². The Balaban J connectivity index is 0. The molecule has 10 heteroatoms. The van der Waals surface area contributed by atoms with Gasteiger partial charge in [0, 0.05) is 11.4 Å². The molecule has 0 saturated heterocycles. The molecular weight excluding hydrogens is 868 g/mol. The first-order chi connectivity index (χ1) is 27.5. The highest BCUT2D eigenvalue weighted by Gasteiger charge is 2.18. The van der Waals surface area contributed by atoms with E-state index in [9.17, 15) is 9.59 Å². The van der Waals surface area contributed by atoms with E-state index in [1.807, 2.05) is 19.1 Å². The molecule has 59 heavy (non-hydrogen) atoms. The molecule has 0 aliphatic rings. The minimum Gasteiger partial charge on any atom is -1.00 e. The maximum absolute atomic E-state index is 12.7. The molecule has 0 radical (unpaired) electrons. The largest absolute Gasteiger partial charge is 1.00 e. The van der Waals surface area contributed by atoms with Crippen molar-refractivity contribution in [3.8, 4) is 0 Å². The molecule has 1 aromatic carbocycles. The summed E-state index contributed by atoms with van der Waals surface area (Å²) in [7, 11) is 8.84. The summed E-state index contributed by atoms with van der Waals surface area (Å²) in [5.41, 5.74) is 2.07. The van der Waals surface area contributed by atoms with E-state index < -0.39 is 12.2 Å². The number of aryl methyl sites for hydroxylation is 1. The number of anilines is 2. The number of unbranched alkanes of at least 4 members (excludes halogenated alkanes) is 26. The molecule has 2 N–H and O–H groups in total. The fourth-order valence-electron chi connectivity index (χ4n) is 7.60. The van der Waals surface area contributed by atoms with Crippen LogP contribution in [0.1, 0.15) is 199 Å². The number of halogens is 2. The van der Waals surface area contributed by atoms with Gasteiger partial charge < -0.3 is 52.4 Å². The number of ether oxygens (including phenoxy) is 2. The highest BCUT2D eigenvalue weighted by Crippen LogP contribution is 2.21. The number of carbonyl (C=O) groups excluding carboxylic acids is 2. The quantitative estimate of drug-likeness (QED) is 0.0518. The lowest BCUT2D eigenvalue weighted by Crippen LogP contribution is -3.00. The van der Waals surface area contributed by atoms with Crippen LogP contribution in [0.2, 0.25) is 0 Å². The van der Waals surface area contributed by atoms with E-state index in [0.717, 1.165) is 40.7 Å². The molecule has 2 amide bonds. The van der Waals surface area contributed by atoms with Crippen molar-refractivity contribution >= 4 is 23.6 Å². The maximum Gasteiger partial charge on any atom is 0.411 e. The molecule has 0 saturated carbocycles. The predicted octanol–water partition coefficient (Wildman–Crippen LogP) is 8.22. The SMILES string of the molecule is CCCCCCCCCCCCCCCC[N+](C)(C)CCOC(=O)Nc1ccc(C)c(NC(=O)OCC[N+](C)(C)CCCCCCCCCCCCCCCC)c1.[Br-].[Br-]. The van der Waals surface area contributed by atoms with E-state index >= 15 is 0 Å².